The predicted octanol–water partition coefficient (Wildman–Crippen LogP) is 5.94. The fourth-order valence-electron chi connectivity index (χ4n) is 7.10. The van der Waals surface area contributed by atoms with E-state index in [0.717, 1.165) is 33.5 Å². The SMILES string of the molecule is CC1=C[C@@H]2N(c3ccc(C)cc31)[C@H](C(=O)c1ccc(C)cc1)[C@H](C(=O)c1ccccn1)[C@]21C(=O)Nc2ccccc21. The highest BCUT2D eigenvalue weighted by atomic mass is 16.2. The molecule has 4 atom stereocenters. The van der Waals surface area contributed by atoms with E-state index in [9.17, 15) is 14.4 Å². The summed E-state index contributed by atoms with van der Waals surface area (Å²) in [7, 11) is 0. The molecule has 0 radical (unpaired) electrons. The number of para-hydroxylation sites is 1. The van der Waals surface area contributed by atoms with Crippen LogP contribution in [0.15, 0.2) is 97.2 Å². The molecule has 4 heterocycles. The molecule has 1 aromatic heterocycles. The predicted molar refractivity (Wildman–Crippen MR) is 159 cm³/mol. The van der Waals surface area contributed by atoms with Crippen LogP contribution in [-0.4, -0.2) is 34.5 Å². The van der Waals surface area contributed by atoms with E-state index in [0.29, 0.717) is 11.3 Å². The van der Waals surface area contributed by atoms with Crippen molar-refractivity contribution < 1.29 is 14.4 Å². The highest BCUT2D eigenvalue weighted by Crippen LogP contribution is 2.58. The van der Waals surface area contributed by atoms with Gasteiger partial charge in [-0.3, -0.25) is 19.4 Å². The van der Waals surface area contributed by atoms with Crippen LogP contribution in [0.4, 0.5) is 11.4 Å². The van der Waals surface area contributed by atoms with Gasteiger partial charge in [-0.15, -0.1) is 0 Å². The Labute approximate surface area is 238 Å². The van der Waals surface area contributed by atoms with Gasteiger partial charge in [0.15, 0.2) is 11.6 Å². The Morgan fingerprint density at radius 3 is 2.34 bits per heavy atom. The van der Waals surface area contributed by atoms with Gasteiger partial charge in [0.25, 0.3) is 0 Å². The number of ketones is 2. The average molecular weight is 540 g/mol. The van der Waals surface area contributed by atoms with Crippen LogP contribution in [0.5, 0.6) is 0 Å². The van der Waals surface area contributed by atoms with Gasteiger partial charge in [-0.2, -0.15) is 0 Å². The number of carbonyl (C=O) groups is 3. The Kier molecular flexibility index (Phi) is 5.58. The molecule has 41 heavy (non-hydrogen) atoms. The minimum atomic E-state index is -1.35. The highest BCUT2D eigenvalue weighted by molar-refractivity contribution is 6.18. The van der Waals surface area contributed by atoms with Gasteiger partial charge in [0, 0.05) is 28.7 Å². The summed E-state index contributed by atoms with van der Waals surface area (Å²) in [6.07, 6.45) is 3.65. The van der Waals surface area contributed by atoms with Crippen LogP contribution in [0.25, 0.3) is 5.57 Å². The van der Waals surface area contributed by atoms with Crippen molar-refractivity contribution in [1.82, 2.24) is 4.98 Å². The standard InChI is InChI=1S/C35H29N3O3/c1-20-11-14-23(15-12-20)32(39)31-30(33(40)27-10-6-7-17-36-27)35(25-8-4-5-9-26(25)37-34(35)41)29-19-22(3)24-18-21(2)13-16-28(24)38(29)31/h4-19,29-31H,1-3H3,(H,37,41)/t29-,30+,31-,35+/m0/s1. The maximum absolute atomic E-state index is 14.7. The van der Waals surface area contributed by atoms with E-state index in [-0.39, 0.29) is 23.2 Å². The smallest absolute Gasteiger partial charge is 0.238 e. The number of carbonyl (C=O) groups excluding carboxylic acids is 3. The van der Waals surface area contributed by atoms with Crippen molar-refractivity contribution in [2.75, 3.05) is 10.2 Å². The van der Waals surface area contributed by atoms with Crippen molar-refractivity contribution >= 4 is 34.4 Å². The number of anilines is 2. The van der Waals surface area contributed by atoms with E-state index >= 15 is 0 Å². The topological polar surface area (TPSA) is 79.4 Å². The Bertz CT molecular complexity index is 1780. The molecular formula is C35H29N3O3. The lowest BCUT2D eigenvalue weighted by atomic mass is 9.64. The van der Waals surface area contributed by atoms with E-state index in [4.69, 9.17) is 0 Å². The molecule has 1 saturated heterocycles. The summed E-state index contributed by atoms with van der Waals surface area (Å²) in [6.45, 7) is 6.04. The summed E-state index contributed by atoms with van der Waals surface area (Å²) in [6, 6.07) is 24.8. The second kappa shape index (κ2) is 9.10. The number of pyridine rings is 1. The number of amides is 1. The third-order valence-corrected chi connectivity index (χ3v) is 8.94. The zero-order valence-corrected chi connectivity index (χ0v) is 23.1. The second-order valence-electron chi connectivity index (χ2n) is 11.3. The Morgan fingerprint density at radius 2 is 1.59 bits per heavy atom. The number of Topliss-reactive ketones (excluding diaryl/α,β-unsaturated/α-hetero) is 2. The first-order chi connectivity index (χ1) is 19.8. The van der Waals surface area contributed by atoms with Crippen LogP contribution >= 0.6 is 0 Å². The van der Waals surface area contributed by atoms with E-state index < -0.39 is 23.4 Å². The van der Waals surface area contributed by atoms with E-state index in [2.05, 4.69) is 22.4 Å². The van der Waals surface area contributed by atoms with Crippen LogP contribution in [0.2, 0.25) is 0 Å². The molecule has 1 spiro atoms. The molecular weight excluding hydrogens is 510 g/mol. The lowest BCUT2D eigenvalue weighted by Gasteiger charge is -2.39. The molecule has 0 aliphatic carbocycles. The summed E-state index contributed by atoms with van der Waals surface area (Å²) in [5.74, 6) is -1.83. The van der Waals surface area contributed by atoms with Crippen molar-refractivity contribution in [2.24, 2.45) is 5.92 Å². The number of hydrogen-bond acceptors (Lipinski definition) is 5. The van der Waals surface area contributed by atoms with Crippen LogP contribution in [0.3, 0.4) is 0 Å². The van der Waals surface area contributed by atoms with Crippen molar-refractivity contribution in [2.45, 2.75) is 38.3 Å². The minimum absolute atomic E-state index is 0.196. The van der Waals surface area contributed by atoms with Crippen LogP contribution in [0, 0.1) is 19.8 Å². The number of hydrogen-bond donors (Lipinski definition) is 1. The molecule has 4 aromatic rings. The molecule has 1 fully saturated rings. The minimum Gasteiger partial charge on any atom is -0.352 e. The lowest BCUT2D eigenvalue weighted by molar-refractivity contribution is -0.121. The first kappa shape index (κ1) is 25.1. The summed E-state index contributed by atoms with van der Waals surface area (Å²) in [4.78, 5) is 50.3. The third-order valence-electron chi connectivity index (χ3n) is 8.94. The molecule has 0 unspecified atom stereocenters. The van der Waals surface area contributed by atoms with Gasteiger partial charge in [0.2, 0.25) is 5.91 Å². The number of nitrogens with one attached hydrogen (secondary N) is 1. The molecule has 0 bridgehead atoms. The fraction of sp³-hybridized carbons (Fsp3) is 0.200. The van der Waals surface area contributed by atoms with Gasteiger partial charge >= 0.3 is 0 Å². The summed E-state index contributed by atoms with van der Waals surface area (Å²) < 4.78 is 0. The van der Waals surface area contributed by atoms with Crippen LogP contribution in [0.1, 0.15) is 50.0 Å². The summed E-state index contributed by atoms with van der Waals surface area (Å²) in [5, 5.41) is 3.08. The normalized spacial score (nSPS) is 23.9. The van der Waals surface area contributed by atoms with Crippen molar-refractivity contribution in [3.05, 3.63) is 131 Å². The van der Waals surface area contributed by atoms with Crippen molar-refractivity contribution in [3.63, 3.8) is 0 Å². The number of aryl methyl sites for hydroxylation is 2. The van der Waals surface area contributed by atoms with Gasteiger partial charge < -0.3 is 10.2 Å². The molecule has 1 N–H and O–H groups in total. The largest absolute Gasteiger partial charge is 0.352 e. The van der Waals surface area contributed by atoms with Gasteiger partial charge in [-0.05, 0) is 62.2 Å². The molecule has 3 aliphatic rings. The molecule has 3 aliphatic heterocycles. The molecule has 6 nitrogen and oxygen atoms in total. The molecule has 7 rings (SSSR count). The highest BCUT2D eigenvalue weighted by Gasteiger charge is 2.70. The summed E-state index contributed by atoms with van der Waals surface area (Å²) in [5.41, 5.74) is 5.76. The van der Waals surface area contributed by atoms with Crippen LogP contribution < -0.4 is 10.2 Å². The third kappa shape index (κ3) is 3.50. The Morgan fingerprint density at radius 1 is 0.854 bits per heavy atom. The van der Waals surface area contributed by atoms with Gasteiger partial charge in [0.05, 0.1) is 12.0 Å². The summed E-state index contributed by atoms with van der Waals surface area (Å²) >= 11 is 0. The Balaban J connectivity index is 1.56. The van der Waals surface area contributed by atoms with E-state index in [1.165, 1.54) is 0 Å². The maximum atomic E-state index is 14.7. The first-order valence-corrected chi connectivity index (χ1v) is 13.9. The van der Waals surface area contributed by atoms with E-state index in [1.54, 1.807) is 24.4 Å². The second-order valence-corrected chi connectivity index (χ2v) is 11.3. The molecule has 1 amide bonds. The number of fused-ring (bicyclic) bond motifs is 6. The molecule has 3 aromatic carbocycles. The molecule has 202 valence electrons. The number of nitrogens with zero attached hydrogens (tertiary/aromatic N) is 2. The van der Waals surface area contributed by atoms with Crippen molar-refractivity contribution in [3.8, 4) is 0 Å². The quantitative estimate of drug-likeness (QED) is 0.325. The number of rotatable bonds is 4. The number of allylic oxidation sites excluding steroid dienone is 1. The van der Waals surface area contributed by atoms with Crippen molar-refractivity contribution in [1.29, 1.82) is 0 Å². The maximum Gasteiger partial charge on any atom is 0.238 e. The monoisotopic (exact) mass is 539 g/mol. The average Bonchev–Trinajstić information content (AvgIpc) is 3.45. The van der Waals surface area contributed by atoms with E-state index in [1.807, 2.05) is 86.3 Å². The molecule has 0 saturated carbocycles. The van der Waals surface area contributed by atoms with Gasteiger partial charge in [-0.25, -0.2) is 0 Å². The van der Waals surface area contributed by atoms with Gasteiger partial charge in [-0.1, -0.05) is 71.8 Å². The first-order valence-electron chi connectivity index (χ1n) is 13.9. The fourth-order valence-corrected chi connectivity index (χ4v) is 7.10. The van der Waals surface area contributed by atoms with Gasteiger partial charge in [0.1, 0.15) is 17.2 Å². The zero-order chi connectivity index (χ0) is 28.5. The zero-order valence-electron chi connectivity index (χ0n) is 23.1. The molecule has 6 heteroatoms. The number of benzene rings is 3. The Hall–Kier alpha value is -4.84. The number of aromatic nitrogens is 1. The lowest BCUT2D eigenvalue weighted by Crippen LogP contribution is -2.51. The van der Waals surface area contributed by atoms with Crippen LogP contribution in [-0.2, 0) is 10.2 Å².